The van der Waals surface area contributed by atoms with E-state index in [1.165, 1.54) is 5.56 Å². The van der Waals surface area contributed by atoms with Gasteiger partial charge < -0.3 is 0 Å². The minimum absolute atomic E-state index is 0.241. The van der Waals surface area contributed by atoms with Gasteiger partial charge in [-0.25, -0.2) is 0 Å². The molecule has 0 spiro atoms. The fraction of sp³-hybridized carbons (Fsp3) is 0.462. The first kappa shape index (κ1) is 11.0. The molecular weight excluding hydrogens is 172 g/mol. The van der Waals surface area contributed by atoms with Crippen molar-refractivity contribution in [3.05, 3.63) is 34.9 Å². The molecule has 0 saturated carbocycles. The van der Waals surface area contributed by atoms with Crippen LogP contribution in [0.15, 0.2) is 18.2 Å². The Morgan fingerprint density at radius 3 is 2.50 bits per heavy atom. The molecule has 0 aromatic heterocycles. The van der Waals surface area contributed by atoms with Gasteiger partial charge in [0.05, 0.1) is 0 Å². The van der Waals surface area contributed by atoms with E-state index >= 15 is 0 Å². The molecule has 0 aliphatic rings. The van der Waals surface area contributed by atoms with Crippen molar-refractivity contribution in [2.24, 2.45) is 0 Å². The highest BCUT2D eigenvalue weighted by atomic mass is 16.1. The monoisotopic (exact) mass is 190 g/mol. The number of hydrogen-bond acceptors (Lipinski definition) is 1. The van der Waals surface area contributed by atoms with Crippen molar-refractivity contribution in [2.45, 2.75) is 40.0 Å². The van der Waals surface area contributed by atoms with E-state index in [0.29, 0.717) is 12.3 Å². The molecule has 0 N–H and O–H groups in total. The molecule has 1 nitrogen and oxygen atoms in total. The summed E-state index contributed by atoms with van der Waals surface area (Å²) in [5, 5.41) is 0. The summed E-state index contributed by atoms with van der Waals surface area (Å²) < 4.78 is 0. The van der Waals surface area contributed by atoms with Gasteiger partial charge in [0.2, 0.25) is 0 Å². The highest BCUT2D eigenvalue weighted by Crippen LogP contribution is 2.22. The summed E-state index contributed by atoms with van der Waals surface area (Å²) in [5.41, 5.74) is 3.32. The summed E-state index contributed by atoms with van der Waals surface area (Å²) in [6.07, 6.45) is 0.586. The fourth-order valence-corrected chi connectivity index (χ4v) is 1.77. The molecule has 0 radical (unpaired) electrons. The van der Waals surface area contributed by atoms with Gasteiger partial charge in [0.1, 0.15) is 0 Å². The Kier molecular flexibility index (Phi) is 3.45. The minimum Gasteiger partial charge on any atom is -0.294 e. The molecule has 1 aromatic rings. The number of hydrogen-bond donors (Lipinski definition) is 0. The molecule has 0 aliphatic heterocycles. The average Bonchev–Trinajstić information content (AvgIpc) is 2.16. The molecule has 0 atom stereocenters. The second-order valence-corrected chi connectivity index (χ2v) is 3.95. The van der Waals surface area contributed by atoms with Crippen molar-refractivity contribution in [3.8, 4) is 0 Å². The van der Waals surface area contributed by atoms with Gasteiger partial charge in [0.25, 0.3) is 0 Å². The molecule has 0 heterocycles. The van der Waals surface area contributed by atoms with Crippen molar-refractivity contribution in [2.75, 3.05) is 0 Å². The molecule has 0 amide bonds. The lowest BCUT2D eigenvalue weighted by Crippen LogP contribution is -2.03. The number of carbonyl (C=O) groups is 1. The highest BCUT2D eigenvalue weighted by molar-refractivity contribution is 5.97. The maximum absolute atomic E-state index is 11.6. The van der Waals surface area contributed by atoms with E-state index in [2.05, 4.69) is 19.9 Å². The maximum Gasteiger partial charge on any atom is 0.162 e. The summed E-state index contributed by atoms with van der Waals surface area (Å²) in [6.45, 7) is 8.26. The molecular formula is C13H18O. The first-order valence-corrected chi connectivity index (χ1v) is 5.20. The molecule has 0 saturated heterocycles. The largest absolute Gasteiger partial charge is 0.294 e. The standard InChI is InChI=1S/C13H18O/c1-5-13(14)12-8-6-7-11(9(2)3)10(12)4/h6-9H,5H2,1-4H3. The first-order chi connectivity index (χ1) is 6.57. The van der Waals surface area contributed by atoms with E-state index in [-0.39, 0.29) is 5.78 Å². The van der Waals surface area contributed by atoms with E-state index in [0.717, 1.165) is 11.1 Å². The Labute approximate surface area is 86.1 Å². The summed E-state index contributed by atoms with van der Waals surface area (Å²) in [7, 11) is 0. The quantitative estimate of drug-likeness (QED) is 0.664. The third kappa shape index (κ3) is 2.03. The average molecular weight is 190 g/mol. The zero-order chi connectivity index (χ0) is 10.7. The number of carbonyl (C=O) groups excluding carboxylic acids is 1. The van der Waals surface area contributed by atoms with Gasteiger partial charge in [-0.05, 0) is 24.0 Å². The zero-order valence-electron chi connectivity index (χ0n) is 9.42. The van der Waals surface area contributed by atoms with Crippen LogP contribution < -0.4 is 0 Å². The molecule has 0 bridgehead atoms. The van der Waals surface area contributed by atoms with Crippen LogP contribution >= 0.6 is 0 Å². The summed E-state index contributed by atoms with van der Waals surface area (Å²) in [4.78, 5) is 11.6. The van der Waals surface area contributed by atoms with Gasteiger partial charge in [0.15, 0.2) is 5.78 Å². The molecule has 14 heavy (non-hydrogen) atoms. The zero-order valence-corrected chi connectivity index (χ0v) is 9.42. The maximum atomic E-state index is 11.6. The summed E-state index contributed by atoms with van der Waals surface area (Å²) in [6, 6.07) is 6.00. The second-order valence-electron chi connectivity index (χ2n) is 3.95. The van der Waals surface area contributed by atoms with Crippen LogP contribution in [0.3, 0.4) is 0 Å². The second kappa shape index (κ2) is 4.41. The summed E-state index contributed by atoms with van der Waals surface area (Å²) >= 11 is 0. The molecule has 0 aliphatic carbocycles. The van der Waals surface area contributed by atoms with Crippen LogP contribution in [-0.4, -0.2) is 5.78 Å². The van der Waals surface area contributed by atoms with Gasteiger partial charge in [-0.1, -0.05) is 39.0 Å². The van der Waals surface area contributed by atoms with Gasteiger partial charge in [0, 0.05) is 12.0 Å². The van der Waals surface area contributed by atoms with Crippen molar-refractivity contribution >= 4 is 5.78 Å². The minimum atomic E-state index is 0.241. The highest BCUT2D eigenvalue weighted by Gasteiger charge is 2.11. The van der Waals surface area contributed by atoms with E-state index in [1.54, 1.807) is 0 Å². The predicted molar refractivity (Wildman–Crippen MR) is 59.9 cm³/mol. The van der Waals surface area contributed by atoms with E-state index in [9.17, 15) is 4.79 Å². The van der Waals surface area contributed by atoms with Crippen LogP contribution in [0.2, 0.25) is 0 Å². The van der Waals surface area contributed by atoms with E-state index < -0.39 is 0 Å². The Morgan fingerprint density at radius 1 is 1.36 bits per heavy atom. The fourth-order valence-electron chi connectivity index (χ4n) is 1.77. The van der Waals surface area contributed by atoms with Crippen LogP contribution in [0.4, 0.5) is 0 Å². The van der Waals surface area contributed by atoms with E-state index in [1.807, 2.05) is 26.0 Å². The molecule has 0 fully saturated rings. The van der Waals surface area contributed by atoms with Crippen LogP contribution in [0.5, 0.6) is 0 Å². The van der Waals surface area contributed by atoms with Gasteiger partial charge >= 0.3 is 0 Å². The lowest BCUT2D eigenvalue weighted by molar-refractivity contribution is 0.0987. The number of ketones is 1. The smallest absolute Gasteiger partial charge is 0.162 e. The molecule has 1 heteroatoms. The number of rotatable bonds is 3. The Hall–Kier alpha value is -1.11. The third-order valence-electron chi connectivity index (χ3n) is 2.62. The first-order valence-electron chi connectivity index (χ1n) is 5.20. The molecule has 1 rings (SSSR count). The number of benzene rings is 1. The molecule has 76 valence electrons. The van der Waals surface area contributed by atoms with Gasteiger partial charge in [-0.15, -0.1) is 0 Å². The molecule has 1 aromatic carbocycles. The van der Waals surface area contributed by atoms with Gasteiger partial charge in [-0.3, -0.25) is 4.79 Å². The Balaban J connectivity index is 3.20. The lowest BCUT2D eigenvalue weighted by Gasteiger charge is -2.12. The van der Waals surface area contributed by atoms with Crippen molar-refractivity contribution < 1.29 is 4.79 Å². The van der Waals surface area contributed by atoms with Crippen LogP contribution in [0.25, 0.3) is 0 Å². The van der Waals surface area contributed by atoms with Crippen molar-refractivity contribution in [1.82, 2.24) is 0 Å². The topological polar surface area (TPSA) is 17.1 Å². The normalized spacial score (nSPS) is 10.6. The predicted octanol–water partition coefficient (Wildman–Crippen LogP) is 3.71. The van der Waals surface area contributed by atoms with Crippen molar-refractivity contribution in [3.63, 3.8) is 0 Å². The summed E-state index contributed by atoms with van der Waals surface area (Å²) in [5.74, 6) is 0.726. The Bertz CT molecular complexity index is 337. The molecule has 0 unspecified atom stereocenters. The lowest BCUT2D eigenvalue weighted by atomic mass is 9.92. The van der Waals surface area contributed by atoms with E-state index in [4.69, 9.17) is 0 Å². The van der Waals surface area contributed by atoms with Gasteiger partial charge in [-0.2, -0.15) is 0 Å². The SMILES string of the molecule is CCC(=O)c1cccc(C(C)C)c1C. The van der Waals surface area contributed by atoms with Crippen LogP contribution in [0.1, 0.15) is 54.6 Å². The van der Waals surface area contributed by atoms with Crippen molar-refractivity contribution in [1.29, 1.82) is 0 Å². The van der Waals surface area contributed by atoms with Crippen LogP contribution in [-0.2, 0) is 0 Å². The number of Topliss-reactive ketones (excluding diaryl/α,β-unsaturated/α-hetero) is 1. The Morgan fingerprint density at radius 2 is 2.00 bits per heavy atom. The van der Waals surface area contributed by atoms with Crippen LogP contribution in [0, 0.1) is 6.92 Å². The third-order valence-corrected chi connectivity index (χ3v) is 2.62.